The molecule has 0 spiro atoms. The van der Waals surface area contributed by atoms with Crippen molar-refractivity contribution in [3.8, 4) is 5.88 Å². The molecule has 0 radical (unpaired) electrons. The van der Waals surface area contributed by atoms with Crippen LogP contribution in [0.2, 0.25) is 0 Å². The highest BCUT2D eigenvalue weighted by molar-refractivity contribution is 5.96. The third-order valence-electron chi connectivity index (χ3n) is 4.88. The van der Waals surface area contributed by atoms with Gasteiger partial charge in [-0.3, -0.25) is 4.79 Å². The van der Waals surface area contributed by atoms with Crippen LogP contribution < -0.4 is 10.1 Å². The number of nitrogens with zero attached hydrogens (tertiary/aromatic N) is 1. The molecule has 1 aliphatic heterocycles. The largest absolute Gasteiger partial charge is 0.477 e. The molecule has 2 aromatic rings. The number of aromatic nitrogens is 1. The lowest BCUT2D eigenvalue weighted by Gasteiger charge is -2.21. The molecule has 154 valence electrons. The zero-order valence-electron chi connectivity index (χ0n) is 16.5. The van der Waals surface area contributed by atoms with E-state index in [9.17, 15) is 9.59 Å². The number of nitrogens with one attached hydrogen (secondary N) is 1. The summed E-state index contributed by atoms with van der Waals surface area (Å²) in [5.41, 5.74) is 1.28. The first kappa shape index (κ1) is 20.8. The molecule has 1 aromatic carbocycles. The van der Waals surface area contributed by atoms with Crippen LogP contribution in [0.3, 0.4) is 0 Å². The third-order valence-corrected chi connectivity index (χ3v) is 4.88. The Hall–Kier alpha value is -2.93. The second-order valence-electron chi connectivity index (χ2n) is 6.99. The van der Waals surface area contributed by atoms with Crippen molar-refractivity contribution in [2.24, 2.45) is 5.92 Å². The van der Waals surface area contributed by atoms with Gasteiger partial charge in [-0.1, -0.05) is 30.3 Å². The van der Waals surface area contributed by atoms with Crippen LogP contribution in [-0.2, 0) is 20.7 Å². The lowest BCUT2D eigenvalue weighted by molar-refractivity contribution is -0.142. The second kappa shape index (κ2) is 10.6. The lowest BCUT2D eigenvalue weighted by Crippen LogP contribution is -2.43. The number of ether oxygens (including phenoxy) is 3. The van der Waals surface area contributed by atoms with Gasteiger partial charge in [0.2, 0.25) is 5.88 Å². The molecule has 7 heteroatoms. The van der Waals surface area contributed by atoms with E-state index in [1.807, 2.05) is 30.3 Å². The second-order valence-corrected chi connectivity index (χ2v) is 6.99. The first-order valence-corrected chi connectivity index (χ1v) is 9.75. The summed E-state index contributed by atoms with van der Waals surface area (Å²) in [6.45, 7) is 2.12. The molecule has 0 aliphatic carbocycles. The van der Waals surface area contributed by atoms with Crippen LogP contribution in [0.5, 0.6) is 5.88 Å². The molecule has 1 fully saturated rings. The van der Waals surface area contributed by atoms with Crippen molar-refractivity contribution in [2.75, 3.05) is 26.9 Å². The predicted octanol–water partition coefficient (Wildman–Crippen LogP) is 2.40. The van der Waals surface area contributed by atoms with Crippen LogP contribution >= 0.6 is 0 Å². The molecule has 0 unspecified atom stereocenters. The van der Waals surface area contributed by atoms with E-state index >= 15 is 0 Å². The SMILES string of the molecule is COC(=O)[C@H](Cc1ccccc1)NC(=O)c1ccc(OCC2CCOCC2)nc1. The Balaban J connectivity index is 1.56. The number of esters is 1. The summed E-state index contributed by atoms with van der Waals surface area (Å²) in [4.78, 5) is 28.9. The van der Waals surface area contributed by atoms with Crippen LogP contribution in [0, 0.1) is 5.92 Å². The van der Waals surface area contributed by atoms with E-state index in [1.165, 1.54) is 13.3 Å². The van der Waals surface area contributed by atoms with Gasteiger partial charge < -0.3 is 19.5 Å². The van der Waals surface area contributed by atoms with Crippen LogP contribution in [0.15, 0.2) is 48.7 Å². The number of hydrogen-bond donors (Lipinski definition) is 1. The van der Waals surface area contributed by atoms with Crippen molar-refractivity contribution in [1.29, 1.82) is 0 Å². The highest BCUT2D eigenvalue weighted by Gasteiger charge is 2.23. The molecule has 0 bridgehead atoms. The summed E-state index contributed by atoms with van der Waals surface area (Å²) in [5.74, 6) is 0.0561. The van der Waals surface area contributed by atoms with Crippen molar-refractivity contribution in [3.05, 3.63) is 59.8 Å². The van der Waals surface area contributed by atoms with Gasteiger partial charge in [0.15, 0.2) is 0 Å². The Morgan fingerprint density at radius 2 is 1.93 bits per heavy atom. The van der Waals surface area contributed by atoms with Gasteiger partial charge >= 0.3 is 5.97 Å². The number of benzene rings is 1. The monoisotopic (exact) mass is 398 g/mol. The average molecular weight is 398 g/mol. The van der Waals surface area contributed by atoms with Gasteiger partial charge in [0.05, 0.1) is 19.3 Å². The maximum absolute atomic E-state index is 12.6. The number of methoxy groups -OCH3 is 1. The molecular weight excluding hydrogens is 372 g/mol. The van der Waals surface area contributed by atoms with Crippen LogP contribution in [0.25, 0.3) is 0 Å². The number of amides is 1. The minimum atomic E-state index is -0.778. The Bertz CT molecular complexity index is 789. The lowest BCUT2D eigenvalue weighted by atomic mass is 10.0. The molecular formula is C22H26N2O5. The highest BCUT2D eigenvalue weighted by Crippen LogP contribution is 2.17. The maximum Gasteiger partial charge on any atom is 0.328 e. The average Bonchev–Trinajstić information content (AvgIpc) is 2.78. The summed E-state index contributed by atoms with van der Waals surface area (Å²) in [5, 5.41) is 2.73. The fourth-order valence-electron chi connectivity index (χ4n) is 3.14. The van der Waals surface area contributed by atoms with E-state index in [1.54, 1.807) is 12.1 Å². The van der Waals surface area contributed by atoms with E-state index in [0.29, 0.717) is 30.4 Å². The summed E-state index contributed by atoms with van der Waals surface area (Å²) in [6, 6.07) is 12.0. The molecule has 1 aromatic heterocycles. The van der Waals surface area contributed by atoms with E-state index in [4.69, 9.17) is 14.2 Å². The summed E-state index contributed by atoms with van der Waals surface area (Å²) in [7, 11) is 1.30. The molecule has 3 rings (SSSR count). The Morgan fingerprint density at radius 1 is 1.17 bits per heavy atom. The van der Waals surface area contributed by atoms with Crippen LogP contribution in [0.1, 0.15) is 28.8 Å². The van der Waals surface area contributed by atoms with Gasteiger partial charge in [-0.15, -0.1) is 0 Å². The molecule has 29 heavy (non-hydrogen) atoms. The Morgan fingerprint density at radius 3 is 2.59 bits per heavy atom. The van der Waals surface area contributed by atoms with Crippen molar-refractivity contribution in [3.63, 3.8) is 0 Å². The molecule has 1 amide bonds. The maximum atomic E-state index is 12.6. The van der Waals surface area contributed by atoms with Gasteiger partial charge in [-0.05, 0) is 30.4 Å². The van der Waals surface area contributed by atoms with E-state index in [0.717, 1.165) is 31.6 Å². The first-order valence-electron chi connectivity index (χ1n) is 9.75. The van der Waals surface area contributed by atoms with Gasteiger partial charge in [-0.25, -0.2) is 9.78 Å². The van der Waals surface area contributed by atoms with Crippen molar-refractivity contribution >= 4 is 11.9 Å². The fourth-order valence-corrected chi connectivity index (χ4v) is 3.14. The molecule has 1 aliphatic rings. The van der Waals surface area contributed by atoms with Gasteiger partial charge in [0.25, 0.3) is 5.91 Å². The highest BCUT2D eigenvalue weighted by atomic mass is 16.5. The summed E-state index contributed by atoms with van der Waals surface area (Å²) < 4.78 is 15.9. The number of rotatable bonds is 8. The van der Waals surface area contributed by atoms with Crippen molar-refractivity contribution < 1.29 is 23.8 Å². The Kier molecular flexibility index (Phi) is 7.58. The molecule has 1 N–H and O–H groups in total. The zero-order chi connectivity index (χ0) is 20.5. The number of hydrogen-bond acceptors (Lipinski definition) is 6. The predicted molar refractivity (Wildman–Crippen MR) is 107 cm³/mol. The van der Waals surface area contributed by atoms with Gasteiger partial charge in [0, 0.05) is 31.9 Å². The van der Waals surface area contributed by atoms with Gasteiger partial charge in [-0.2, -0.15) is 0 Å². The minimum absolute atomic E-state index is 0.346. The number of pyridine rings is 1. The van der Waals surface area contributed by atoms with Gasteiger partial charge in [0.1, 0.15) is 6.04 Å². The van der Waals surface area contributed by atoms with E-state index in [-0.39, 0.29) is 5.91 Å². The summed E-state index contributed by atoms with van der Waals surface area (Å²) >= 11 is 0. The topological polar surface area (TPSA) is 86.8 Å². The number of carbonyl (C=O) groups is 2. The molecule has 0 saturated carbocycles. The quantitative estimate of drug-likeness (QED) is 0.687. The standard InChI is InChI=1S/C22H26N2O5/c1-27-22(26)19(13-16-5-3-2-4-6-16)24-21(25)18-7-8-20(23-14-18)29-15-17-9-11-28-12-10-17/h2-8,14,17,19H,9-13,15H2,1H3,(H,24,25)/t19-/m0/s1. The van der Waals surface area contributed by atoms with E-state index < -0.39 is 12.0 Å². The minimum Gasteiger partial charge on any atom is -0.477 e. The molecule has 1 saturated heterocycles. The fraction of sp³-hybridized carbons (Fsp3) is 0.409. The molecule has 7 nitrogen and oxygen atoms in total. The molecule has 2 heterocycles. The van der Waals surface area contributed by atoms with Crippen LogP contribution in [0.4, 0.5) is 0 Å². The first-order chi connectivity index (χ1) is 14.2. The summed E-state index contributed by atoms with van der Waals surface area (Å²) in [6.07, 6.45) is 3.76. The van der Waals surface area contributed by atoms with Crippen molar-refractivity contribution in [2.45, 2.75) is 25.3 Å². The number of carbonyl (C=O) groups excluding carboxylic acids is 2. The molecule has 1 atom stereocenters. The van der Waals surface area contributed by atoms with E-state index in [2.05, 4.69) is 10.3 Å². The zero-order valence-corrected chi connectivity index (χ0v) is 16.5. The Labute approximate surface area is 170 Å². The van der Waals surface area contributed by atoms with Crippen LogP contribution in [-0.4, -0.2) is 49.8 Å². The third kappa shape index (κ3) is 6.29. The normalized spacial score (nSPS) is 15.3. The van der Waals surface area contributed by atoms with Crippen molar-refractivity contribution in [1.82, 2.24) is 10.3 Å². The smallest absolute Gasteiger partial charge is 0.328 e.